The van der Waals surface area contributed by atoms with E-state index in [1.807, 2.05) is 36.4 Å². The lowest BCUT2D eigenvalue weighted by molar-refractivity contribution is 0.498. The summed E-state index contributed by atoms with van der Waals surface area (Å²) in [7, 11) is -3.48. The van der Waals surface area contributed by atoms with Gasteiger partial charge in [0.15, 0.2) is 0 Å². The SMILES string of the molecule is CC(C)(C)c1cc(I)c2c(c1)C=C(c1ccc(C#N)cc1)P(=O)(Oc1ccccc1)N2. The molecule has 0 aromatic heterocycles. The van der Waals surface area contributed by atoms with Crippen molar-refractivity contribution in [2.45, 2.75) is 26.2 Å². The molecule has 0 radical (unpaired) electrons. The van der Waals surface area contributed by atoms with Gasteiger partial charge >= 0.3 is 7.52 Å². The van der Waals surface area contributed by atoms with Gasteiger partial charge in [-0.1, -0.05) is 51.1 Å². The average Bonchev–Trinajstić information content (AvgIpc) is 2.74. The molecule has 3 aromatic carbocycles. The number of halogens is 1. The molecule has 0 saturated heterocycles. The summed E-state index contributed by atoms with van der Waals surface area (Å²) in [5.74, 6) is 0.530. The lowest BCUT2D eigenvalue weighted by Crippen LogP contribution is -2.15. The van der Waals surface area contributed by atoms with Crippen LogP contribution < -0.4 is 9.61 Å². The zero-order valence-electron chi connectivity index (χ0n) is 17.5. The summed E-state index contributed by atoms with van der Waals surface area (Å²) in [6.07, 6.45) is 1.95. The van der Waals surface area contributed by atoms with Gasteiger partial charge in [-0.15, -0.1) is 0 Å². The Morgan fingerprint density at radius 1 is 1.03 bits per heavy atom. The molecule has 0 spiro atoms. The fourth-order valence-electron chi connectivity index (χ4n) is 3.40. The van der Waals surface area contributed by atoms with Crippen molar-refractivity contribution in [2.75, 3.05) is 5.09 Å². The summed E-state index contributed by atoms with van der Waals surface area (Å²) in [4.78, 5) is 0. The summed E-state index contributed by atoms with van der Waals surface area (Å²) < 4.78 is 21.3. The third-order valence-electron chi connectivity index (χ3n) is 5.14. The maximum atomic E-state index is 14.2. The molecule has 4 rings (SSSR count). The van der Waals surface area contributed by atoms with E-state index >= 15 is 0 Å². The largest absolute Gasteiger partial charge is 0.426 e. The maximum Gasteiger partial charge on any atom is 0.372 e. The summed E-state index contributed by atoms with van der Waals surface area (Å²) in [5.41, 5.74) is 4.28. The summed E-state index contributed by atoms with van der Waals surface area (Å²) >= 11 is 2.28. The van der Waals surface area contributed by atoms with Gasteiger partial charge in [-0.25, -0.2) is 4.57 Å². The summed E-state index contributed by atoms with van der Waals surface area (Å²) in [6, 6.07) is 22.7. The van der Waals surface area contributed by atoms with Crippen molar-refractivity contribution in [3.8, 4) is 11.8 Å². The lowest BCUT2D eigenvalue weighted by Gasteiger charge is -2.30. The van der Waals surface area contributed by atoms with Crippen LogP contribution in [-0.4, -0.2) is 0 Å². The molecule has 156 valence electrons. The van der Waals surface area contributed by atoms with E-state index in [2.05, 4.69) is 66.7 Å². The molecule has 1 atom stereocenters. The zero-order valence-corrected chi connectivity index (χ0v) is 20.6. The minimum Gasteiger partial charge on any atom is -0.426 e. The number of nitrogens with zero attached hydrogens (tertiary/aromatic N) is 1. The van der Waals surface area contributed by atoms with Gasteiger partial charge in [0.25, 0.3) is 0 Å². The fourth-order valence-corrected chi connectivity index (χ4v) is 6.42. The Morgan fingerprint density at radius 2 is 1.71 bits per heavy atom. The van der Waals surface area contributed by atoms with Crippen LogP contribution in [0.3, 0.4) is 0 Å². The number of fused-ring (bicyclic) bond motifs is 1. The lowest BCUT2D eigenvalue weighted by atomic mass is 9.86. The van der Waals surface area contributed by atoms with Crippen molar-refractivity contribution in [2.24, 2.45) is 0 Å². The normalized spacial score (nSPS) is 17.7. The van der Waals surface area contributed by atoms with Crippen LogP contribution in [0.25, 0.3) is 11.4 Å². The zero-order chi connectivity index (χ0) is 22.2. The van der Waals surface area contributed by atoms with E-state index in [1.54, 1.807) is 24.3 Å². The minimum absolute atomic E-state index is 0.0148. The first-order valence-electron chi connectivity index (χ1n) is 9.89. The van der Waals surface area contributed by atoms with Gasteiger partial charge in [0, 0.05) is 9.13 Å². The molecule has 1 heterocycles. The Hall–Kier alpha value is -2.55. The third kappa shape index (κ3) is 4.42. The van der Waals surface area contributed by atoms with Crippen LogP contribution in [0, 0.1) is 14.9 Å². The van der Waals surface area contributed by atoms with Crippen LogP contribution in [0.1, 0.15) is 43.0 Å². The molecule has 31 heavy (non-hydrogen) atoms. The predicted octanol–water partition coefficient (Wildman–Crippen LogP) is 7.66. The van der Waals surface area contributed by atoms with Crippen molar-refractivity contribution >= 4 is 47.2 Å². The summed E-state index contributed by atoms with van der Waals surface area (Å²) in [5, 5.41) is 13.0. The second-order valence-corrected chi connectivity index (χ2v) is 11.6. The van der Waals surface area contributed by atoms with E-state index in [4.69, 9.17) is 9.79 Å². The molecule has 0 aliphatic carbocycles. The number of hydrogen-bond donors (Lipinski definition) is 1. The van der Waals surface area contributed by atoms with Gasteiger partial charge in [-0.2, -0.15) is 5.26 Å². The highest BCUT2D eigenvalue weighted by Gasteiger charge is 2.37. The van der Waals surface area contributed by atoms with E-state index in [0.717, 1.165) is 20.4 Å². The van der Waals surface area contributed by atoms with Gasteiger partial charge in [0.1, 0.15) is 5.75 Å². The van der Waals surface area contributed by atoms with Gasteiger partial charge in [-0.3, -0.25) is 0 Å². The standard InChI is InChI=1S/C25H22IN2O2P/c1-25(2,3)20-13-19-14-23(18-11-9-17(16-27)10-12-18)31(29,28-24(19)22(26)15-20)30-21-7-5-4-6-8-21/h4-15H,1-3H3,(H,28,29). The first-order valence-corrected chi connectivity index (χ1v) is 12.6. The van der Waals surface area contributed by atoms with Crippen LogP contribution in [0.2, 0.25) is 0 Å². The van der Waals surface area contributed by atoms with E-state index in [1.165, 1.54) is 5.56 Å². The van der Waals surface area contributed by atoms with E-state index in [9.17, 15) is 4.57 Å². The smallest absolute Gasteiger partial charge is 0.372 e. The first kappa shape index (κ1) is 21.7. The Balaban J connectivity index is 1.90. The molecule has 0 amide bonds. The Morgan fingerprint density at radius 3 is 2.32 bits per heavy atom. The van der Waals surface area contributed by atoms with Crippen molar-refractivity contribution < 1.29 is 9.09 Å². The molecule has 0 saturated carbocycles. The van der Waals surface area contributed by atoms with E-state index in [0.29, 0.717) is 16.6 Å². The second kappa shape index (κ2) is 8.18. The van der Waals surface area contributed by atoms with Crippen LogP contribution >= 0.6 is 30.1 Å². The van der Waals surface area contributed by atoms with Crippen molar-refractivity contribution in [3.05, 3.63) is 92.6 Å². The maximum absolute atomic E-state index is 14.2. The molecule has 1 aliphatic rings. The number of rotatable bonds is 3. The van der Waals surface area contributed by atoms with Gasteiger partial charge in [0.2, 0.25) is 0 Å². The fraction of sp³-hybridized carbons (Fsp3) is 0.160. The number of anilines is 1. The molecule has 3 aromatic rings. The van der Waals surface area contributed by atoms with Crippen molar-refractivity contribution in [3.63, 3.8) is 0 Å². The van der Waals surface area contributed by atoms with Gasteiger partial charge in [0.05, 0.1) is 22.6 Å². The molecule has 0 bridgehead atoms. The molecular formula is C25H22IN2O2P. The second-order valence-electron chi connectivity index (χ2n) is 8.46. The number of hydrogen-bond acceptors (Lipinski definition) is 3. The van der Waals surface area contributed by atoms with Crippen LogP contribution in [-0.2, 0) is 9.98 Å². The average molecular weight is 540 g/mol. The van der Waals surface area contributed by atoms with Crippen molar-refractivity contribution in [1.29, 1.82) is 5.26 Å². The Labute approximate surface area is 196 Å². The number of nitriles is 1. The van der Waals surface area contributed by atoms with Crippen LogP contribution in [0.15, 0.2) is 66.7 Å². The monoisotopic (exact) mass is 540 g/mol. The van der Waals surface area contributed by atoms with E-state index in [-0.39, 0.29) is 5.41 Å². The highest BCUT2D eigenvalue weighted by atomic mass is 127. The van der Waals surface area contributed by atoms with E-state index < -0.39 is 7.52 Å². The number of benzene rings is 3. The van der Waals surface area contributed by atoms with Crippen LogP contribution in [0.5, 0.6) is 5.75 Å². The summed E-state index contributed by atoms with van der Waals surface area (Å²) in [6.45, 7) is 6.53. The highest BCUT2D eigenvalue weighted by Crippen LogP contribution is 2.62. The highest BCUT2D eigenvalue weighted by molar-refractivity contribution is 14.1. The Kier molecular flexibility index (Phi) is 5.72. The predicted molar refractivity (Wildman–Crippen MR) is 135 cm³/mol. The third-order valence-corrected chi connectivity index (χ3v) is 8.00. The molecule has 1 N–H and O–H groups in total. The van der Waals surface area contributed by atoms with Crippen LogP contribution in [0.4, 0.5) is 5.69 Å². The number of para-hydroxylation sites is 1. The van der Waals surface area contributed by atoms with Gasteiger partial charge < -0.3 is 9.61 Å². The molecule has 1 unspecified atom stereocenters. The molecule has 1 aliphatic heterocycles. The quantitative estimate of drug-likeness (QED) is 0.274. The number of nitrogens with one attached hydrogen (secondary N) is 1. The molecule has 0 fully saturated rings. The molecule has 6 heteroatoms. The molecular weight excluding hydrogens is 518 g/mol. The minimum atomic E-state index is -3.48. The van der Waals surface area contributed by atoms with Gasteiger partial charge in [-0.05, 0) is 81.6 Å². The Bertz CT molecular complexity index is 1250. The topological polar surface area (TPSA) is 62.1 Å². The molecule has 4 nitrogen and oxygen atoms in total. The first-order chi connectivity index (χ1) is 14.7. The van der Waals surface area contributed by atoms with Crippen molar-refractivity contribution in [1.82, 2.24) is 0 Å².